The van der Waals surface area contributed by atoms with E-state index in [0.29, 0.717) is 23.6 Å². The molecule has 1 aliphatic carbocycles. The van der Waals surface area contributed by atoms with Crippen LogP contribution in [0.4, 0.5) is 0 Å². The van der Waals surface area contributed by atoms with Crippen molar-refractivity contribution in [2.24, 2.45) is 0 Å². The predicted octanol–water partition coefficient (Wildman–Crippen LogP) is 2.41. The number of carbonyl (C=O) groups is 2. The van der Waals surface area contributed by atoms with E-state index in [4.69, 9.17) is 4.74 Å². The van der Waals surface area contributed by atoms with Gasteiger partial charge in [-0.2, -0.15) is 0 Å². The van der Waals surface area contributed by atoms with E-state index < -0.39 is 5.97 Å². The molecule has 0 aliphatic heterocycles. The Morgan fingerprint density at radius 1 is 1.30 bits per heavy atom. The van der Waals surface area contributed by atoms with Gasteiger partial charge < -0.3 is 9.84 Å². The second-order valence-corrected chi connectivity index (χ2v) is 5.50. The van der Waals surface area contributed by atoms with Crippen molar-refractivity contribution < 1.29 is 19.4 Å². The standard InChI is InChI=1S/C16H17N3O4/c1-2-9-23-16(22)11-5-7-12(8-6-11)19-14(10-3-4-10)13(15(20)21)17-18-19/h5-8,10H,2-4,9H2,1H3,(H,20,21). The number of carbonyl (C=O) groups excluding carboxylic acids is 1. The van der Waals surface area contributed by atoms with E-state index in [1.54, 1.807) is 28.9 Å². The average Bonchev–Trinajstić information content (AvgIpc) is 3.30. The van der Waals surface area contributed by atoms with E-state index in [0.717, 1.165) is 19.3 Å². The van der Waals surface area contributed by atoms with Gasteiger partial charge >= 0.3 is 11.9 Å². The summed E-state index contributed by atoms with van der Waals surface area (Å²) in [4.78, 5) is 23.1. The van der Waals surface area contributed by atoms with Crippen LogP contribution in [-0.4, -0.2) is 38.6 Å². The topological polar surface area (TPSA) is 94.3 Å². The molecule has 0 spiro atoms. The van der Waals surface area contributed by atoms with Gasteiger partial charge in [0, 0.05) is 5.92 Å². The highest BCUT2D eigenvalue weighted by Gasteiger charge is 2.34. The summed E-state index contributed by atoms with van der Waals surface area (Å²) in [6.45, 7) is 2.32. The molecule has 0 amide bonds. The van der Waals surface area contributed by atoms with Gasteiger partial charge in [0.05, 0.1) is 23.6 Å². The van der Waals surface area contributed by atoms with Gasteiger partial charge in [0.15, 0.2) is 5.69 Å². The highest BCUT2D eigenvalue weighted by atomic mass is 16.5. The number of rotatable bonds is 6. The van der Waals surface area contributed by atoms with Crippen molar-refractivity contribution in [1.29, 1.82) is 0 Å². The van der Waals surface area contributed by atoms with E-state index in [1.807, 2.05) is 6.92 Å². The van der Waals surface area contributed by atoms with Crippen LogP contribution in [0.25, 0.3) is 5.69 Å². The zero-order valence-electron chi connectivity index (χ0n) is 12.7. The molecule has 120 valence electrons. The molecule has 1 aliphatic rings. The molecule has 1 heterocycles. The summed E-state index contributed by atoms with van der Waals surface area (Å²) in [6, 6.07) is 6.72. The summed E-state index contributed by atoms with van der Waals surface area (Å²) in [5.41, 5.74) is 1.76. The van der Waals surface area contributed by atoms with Crippen LogP contribution < -0.4 is 0 Å². The maximum Gasteiger partial charge on any atom is 0.358 e. The average molecular weight is 315 g/mol. The maximum absolute atomic E-state index is 11.8. The Labute approximate surface area is 132 Å². The molecule has 7 nitrogen and oxygen atoms in total. The number of carboxylic acid groups (broad SMARTS) is 1. The highest BCUT2D eigenvalue weighted by Crippen LogP contribution is 2.41. The molecule has 23 heavy (non-hydrogen) atoms. The monoisotopic (exact) mass is 315 g/mol. The molecule has 0 atom stereocenters. The van der Waals surface area contributed by atoms with E-state index in [1.165, 1.54) is 0 Å². The number of ether oxygens (including phenoxy) is 1. The third kappa shape index (κ3) is 3.08. The molecule has 0 bridgehead atoms. The fourth-order valence-electron chi connectivity index (χ4n) is 2.37. The second kappa shape index (κ2) is 6.20. The molecule has 3 rings (SSSR count). The van der Waals surface area contributed by atoms with Gasteiger partial charge in [-0.05, 0) is 43.5 Å². The first kappa shape index (κ1) is 15.2. The summed E-state index contributed by atoms with van der Waals surface area (Å²) < 4.78 is 6.62. The number of esters is 1. The molecule has 1 fully saturated rings. The number of aromatic carboxylic acids is 1. The number of aromatic nitrogens is 3. The number of hydrogen-bond donors (Lipinski definition) is 1. The first-order valence-corrected chi connectivity index (χ1v) is 7.58. The summed E-state index contributed by atoms with van der Waals surface area (Å²) in [6.07, 6.45) is 2.65. The normalized spacial score (nSPS) is 13.8. The van der Waals surface area contributed by atoms with Gasteiger partial charge in [0.2, 0.25) is 0 Å². The zero-order chi connectivity index (χ0) is 16.4. The first-order valence-electron chi connectivity index (χ1n) is 7.58. The fourth-order valence-corrected chi connectivity index (χ4v) is 2.37. The SMILES string of the molecule is CCCOC(=O)c1ccc(-n2nnc(C(=O)O)c2C2CC2)cc1. The van der Waals surface area contributed by atoms with Gasteiger partial charge in [-0.3, -0.25) is 0 Å². The number of carboxylic acids is 1. The van der Waals surface area contributed by atoms with Crippen molar-refractivity contribution in [3.63, 3.8) is 0 Å². The van der Waals surface area contributed by atoms with E-state index >= 15 is 0 Å². The van der Waals surface area contributed by atoms with Gasteiger partial charge in [-0.1, -0.05) is 12.1 Å². The number of nitrogens with zero attached hydrogens (tertiary/aromatic N) is 3. The largest absolute Gasteiger partial charge is 0.476 e. The molecule has 2 aromatic rings. The van der Waals surface area contributed by atoms with Crippen LogP contribution in [-0.2, 0) is 4.74 Å². The van der Waals surface area contributed by atoms with Gasteiger partial charge in [-0.25, -0.2) is 14.3 Å². The van der Waals surface area contributed by atoms with Crippen molar-refractivity contribution in [2.75, 3.05) is 6.61 Å². The third-order valence-corrected chi connectivity index (χ3v) is 3.66. The molecule has 0 unspecified atom stereocenters. The maximum atomic E-state index is 11.8. The lowest BCUT2D eigenvalue weighted by atomic mass is 10.2. The molecular formula is C16H17N3O4. The Bertz CT molecular complexity index is 732. The Morgan fingerprint density at radius 2 is 2.00 bits per heavy atom. The lowest BCUT2D eigenvalue weighted by Gasteiger charge is -2.07. The minimum atomic E-state index is -1.07. The smallest absolute Gasteiger partial charge is 0.358 e. The molecule has 1 aromatic carbocycles. The number of benzene rings is 1. The van der Waals surface area contributed by atoms with Crippen molar-refractivity contribution in [2.45, 2.75) is 32.1 Å². The van der Waals surface area contributed by atoms with Gasteiger partial charge in [0.25, 0.3) is 0 Å². The molecule has 0 radical (unpaired) electrons. The minimum Gasteiger partial charge on any atom is -0.476 e. The second-order valence-electron chi connectivity index (χ2n) is 5.50. The number of hydrogen-bond acceptors (Lipinski definition) is 5. The van der Waals surface area contributed by atoms with Gasteiger partial charge in [0.1, 0.15) is 0 Å². The lowest BCUT2D eigenvalue weighted by molar-refractivity contribution is 0.0504. The summed E-state index contributed by atoms with van der Waals surface area (Å²) in [5, 5.41) is 17.0. The Balaban J connectivity index is 1.88. The fraction of sp³-hybridized carbons (Fsp3) is 0.375. The third-order valence-electron chi connectivity index (χ3n) is 3.66. The van der Waals surface area contributed by atoms with E-state index in [9.17, 15) is 14.7 Å². The quantitative estimate of drug-likeness (QED) is 0.823. The van der Waals surface area contributed by atoms with Crippen molar-refractivity contribution in [3.8, 4) is 5.69 Å². The lowest BCUT2D eigenvalue weighted by Crippen LogP contribution is -2.08. The molecule has 1 aromatic heterocycles. The molecular weight excluding hydrogens is 298 g/mol. The van der Waals surface area contributed by atoms with E-state index in [2.05, 4.69) is 10.3 Å². The van der Waals surface area contributed by atoms with Crippen LogP contribution in [0.5, 0.6) is 0 Å². The van der Waals surface area contributed by atoms with Crippen LogP contribution >= 0.6 is 0 Å². The molecule has 0 saturated heterocycles. The van der Waals surface area contributed by atoms with Crippen LogP contribution in [0.1, 0.15) is 58.6 Å². The Kier molecular flexibility index (Phi) is 4.10. The molecule has 7 heteroatoms. The summed E-state index contributed by atoms with van der Waals surface area (Å²) in [5.74, 6) is -1.26. The molecule has 1 N–H and O–H groups in total. The van der Waals surface area contributed by atoms with Crippen molar-refractivity contribution >= 4 is 11.9 Å². The van der Waals surface area contributed by atoms with Crippen LogP contribution in [0.2, 0.25) is 0 Å². The Morgan fingerprint density at radius 3 is 2.57 bits per heavy atom. The highest BCUT2D eigenvalue weighted by molar-refractivity contribution is 5.89. The van der Waals surface area contributed by atoms with Crippen molar-refractivity contribution in [3.05, 3.63) is 41.2 Å². The van der Waals surface area contributed by atoms with E-state index in [-0.39, 0.29) is 17.6 Å². The summed E-state index contributed by atoms with van der Waals surface area (Å²) in [7, 11) is 0. The van der Waals surface area contributed by atoms with Crippen LogP contribution in [0, 0.1) is 0 Å². The van der Waals surface area contributed by atoms with Crippen LogP contribution in [0.15, 0.2) is 24.3 Å². The zero-order valence-corrected chi connectivity index (χ0v) is 12.7. The minimum absolute atomic E-state index is 0.000989. The van der Waals surface area contributed by atoms with Crippen molar-refractivity contribution in [1.82, 2.24) is 15.0 Å². The molecule has 1 saturated carbocycles. The van der Waals surface area contributed by atoms with Gasteiger partial charge in [-0.15, -0.1) is 5.10 Å². The summed E-state index contributed by atoms with van der Waals surface area (Å²) >= 11 is 0. The van der Waals surface area contributed by atoms with Crippen LogP contribution in [0.3, 0.4) is 0 Å². The Hall–Kier alpha value is -2.70. The predicted molar refractivity (Wildman–Crippen MR) is 80.9 cm³/mol. The first-order chi connectivity index (χ1) is 11.1.